The summed E-state index contributed by atoms with van der Waals surface area (Å²) in [5.74, 6) is -1.31. The highest BCUT2D eigenvalue weighted by atomic mass is 35.5. The van der Waals surface area contributed by atoms with Gasteiger partial charge in [-0.1, -0.05) is 41.9 Å². The lowest BCUT2D eigenvalue weighted by Crippen LogP contribution is -2.30. The van der Waals surface area contributed by atoms with Crippen LogP contribution in [0.25, 0.3) is 11.1 Å². The van der Waals surface area contributed by atoms with Gasteiger partial charge >= 0.3 is 0 Å². The first kappa shape index (κ1) is 20.2. The van der Waals surface area contributed by atoms with Crippen LogP contribution in [0.5, 0.6) is 0 Å². The van der Waals surface area contributed by atoms with Gasteiger partial charge in [0.05, 0.1) is 17.0 Å². The van der Waals surface area contributed by atoms with Gasteiger partial charge in [-0.3, -0.25) is 4.79 Å². The lowest BCUT2D eigenvalue weighted by molar-refractivity contribution is 0.0993. The van der Waals surface area contributed by atoms with E-state index in [1.54, 1.807) is 13.0 Å². The minimum atomic E-state index is -3.92. The Morgan fingerprint density at radius 2 is 1.64 bits per heavy atom. The second kappa shape index (κ2) is 8.22. The van der Waals surface area contributed by atoms with Gasteiger partial charge in [-0.05, 0) is 60.0 Å². The molecular weight excluding hydrogens is 401 g/mol. The van der Waals surface area contributed by atoms with E-state index in [4.69, 9.17) is 11.6 Å². The van der Waals surface area contributed by atoms with Crippen molar-refractivity contribution in [3.05, 3.63) is 88.7 Å². The maximum absolute atomic E-state index is 14.5. The molecule has 0 heterocycles. The highest BCUT2D eigenvalue weighted by molar-refractivity contribution is 7.89. The van der Waals surface area contributed by atoms with Crippen molar-refractivity contribution in [2.75, 3.05) is 6.54 Å². The number of hydrogen-bond donors (Lipinski definition) is 1. The Labute approximate surface area is 168 Å². The Morgan fingerprint density at radius 1 is 1.00 bits per heavy atom. The second-order valence-electron chi connectivity index (χ2n) is 6.22. The zero-order valence-electron chi connectivity index (χ0n) is 14.9. The van der Waals surface area contributed by atoms with Crippen molar-refractivity contribution in [1.29, 1.82) is 0 Å². The molecule has 0 aliphatic heterocycles. The second-order valence-corrected chi connectivity index (χ2v) is 8.43. The van der Waals surface area contributed by atoms with Gasteiger partial charge < -0.3 is 0 Å². The first-order chi connectivity index (χ1) is 13.3. The van der Waals surface area contributed by atoms with E-state index in [9.17, 15) is 17.6 Å². The summed E-state index contributed by atoms with van der Waals surface area (Å²) < 4.78 is 41.4. The molecular formula is C21H17ClFNO3S. The first-order valence-corrected chi connectivity index (χ1v) is 10.3. The van der Waals surface area contributed by atoms with Crippen LogP contribution in [0.15, 0.2) is 71.6 Å². The van der Waals surface area contributed by atoms with Crippen LogP contribution in [0, 0.1) is 12.7 Å². The van der Waals surface area contributed by atoms with Gasteiger partial charge in [0, 0.05) is 5.02 Å². The number of halogens is 2. The van der Waals surface area contributed by atoms with Crippen molar-refractivity contribution in [3.8, 4) is 11.1 Å². The minimum Gasteiger partial charge on any atom is -0.293 e. The molecule has 144 valence electrons. The van der Waals surface area contributed by atoms with Crippen LogP contribution in [0.2, 0.25) is 5.02 Å². The summed E-state index contributed by atoms with van der Waals surface area (Å²) >= 11 is 5.76. The van der Waals surface area contributed by atoms with E-state index in [0.717, 1.165) is 5.56 Å². The predicted octanol–water partition coefficient (Wildman–Crippen LogP) is 4.62. The smallest absolute Gasteiger partial charge is 0.240 e. The molecule has 0 spiro atoms. The molecule has 0 bridgehead atoms. The Kier molecular flexibility index (Phi) is 5.93. The fourth-order valence-corrected chi connectivity index (χ4v) is 3.83. The molecule has 0 amide bonds. The van der Waals surface area contributed by atoms with Crippen LogP contribution in [0.3, 0.4) is 0 Å². The van der Waals surface area contributed by atoms with Crippen molar-refractivity contribution in [1.82, 2.24) is 4.72 Å². The van der Waals surface area contributed by atoms with E-state index in [1.807, 2.05) is 30.3 Å². The van der Waals surface area contributed by atoms with Gasteiger partial charge in [0.15, 0.2) is 5.78 Å². The monoisotopic (exact) mass is 417 g/mol. The summed E-state index contributed by atoms with van der Waals surface area (Å²) in [6.45, 7) is 1.01. The van der Waals surface area contributed by atoms with Gasteiger partial charge in [0.2, 0.25) is 10.0 Å². The number of ketones is 1. The molecule has 0 aliphatic carbocycles. The molecule has 1 N–H and O–H groups in total. The van der Waals surface area contributed by atoms with Crippen LogP contribution in [0.1, 0.15) is 15.9 Å². The molecule has 0 radical (unpaired) electrons. The summed E-state index contributed by atoms with van der Waals surface area (Å²) in [4.78, 5) is 12.5. The quantitative estimate of drug-likeness (QED) is 0.595. The number of benzene rings is 3. The summed E-state index contributed by atoms with van der Waals surface area (Å²) in [5.41, 5.74) is 1.67. The number of rotatable bonds is 6. The number of carbonyl (C=O) groups is 1. The molecule has 0 saturated heterocycles. The zero-order chi connectivity index (χ0) is 20.3. The molecule has 0 atom stereocenters. The van der Waals surface area contributed by atoms with Gasteiger partial charge in [-0.15, -0.1) is 0 Å². The van der Waals surface area contributed by atoms with E-state index >= 15 is 0 Å². The van der Waals surface area contributed by atoms with E-state index in [-0.39, 0.29) is 10.5 Å². The molecule has 0 saturated carbocycles. The molecule has 0 aromatic heterocycles. The SMILES string of the molecule is Cc1cc(-c2ccccc2)cc(C(=O)CNS(=O)(=O)c2ccc(Cl)cc2)c1F. The van der Waals surface area contributed by atoms with Crippen LogP contribution >= 0.6 is 11.6 Å². The highest BCUT2D eigenvalue weighted by Gasteiger charge is 2.20. The molecule has 3 aromatic carbocycles. The number of sulfonamides is 1. The van der Waals surface area contributed by atoms with Gasteiger partial charge in [0.1, 0.15) is 5.82 Å². The summed E-state index contributed by atoms with van der Waals surface area (Å²) in [6.07, 6.45) is 0. The topological polar surface area (TPSA) is 63.2 Å². The molecule has 0 unspecified atom stereocenters. The molecule has 0 aliphatic rings. The number of aryl methyl sites for hydroxylation is 1. The third-order valence-electron chi connectivity index (χ3n) is 4.21. The third kappa shape index (κ3) is 4.47. The van der Waals surface area contributed by atoms with Crippen molar-refractivity contribution < 1.29 is 17.6 Å². The zero-order valence-corrected chi connectivity index (χ0v) is 16.5. The van der Waals surface area contributed by atoms with Crippen LogP contribution < -0.4 is 4.72 Å². The maximum atomic E-state index is 14.5. The lowest BCUT2D eigenvalue weighted by atomic mass is 9.98. The Morgan fingerprint density at radius 3 is 2.29 bits per heavy atom. The fourth-order valence-electron chi connectivity index (χ4n) is 2.72. The van der Waals surface area contributed by atoms with Crippen molar-refractivity contribution in [2.24, 2.45) is 0 Å². The third-order valence-corrected chi connectivity index (χ3v) is 5.88. The highest BCUT2D eigenvalue weighted by Crippen LogP contribution is 2.25. The Balaban J connectivity index is 1.84. The van der Waals surface area contributed by atoms with E-state index in [1.165, 1.54) is 30.3 Å². The lowest BCUT2D eigenvalue weighted by Gasteiger charge is -2.11. The van der Waals surface area contributed by atoms with Crippen molar-refractivity contribution in [2.45, 2.75) is 11.8 Å². The molecule has 3 rings (SSSR count). The van der Waals surface area contributed by atoms with Gasteiger partial charge in [-0.25, -0.2) is 17.5 Å². The number of Topliss-reactive ketones (excluding diaryl/α,β-unsaturated/α-hetero) is 1. The van der Waals surface area contributed by atoms with Gasteiger partial charge in [0.25, 0.3) is 0 Å². The van der Waals surface area contributed by atoms with Crippen LogP contribution in [-0.4, -0.2) is 20.7 Å². The Hall–Kier alpha value is -2.54. The molecule has 7 heteroatoms. The van der Waals surface area contributed by atoms with Crippen LogP contribution in [0.4, 0.5) is 4.39 Å². The number of nitrogens with one attached hydrogen (secondary N) is 1. The maximum Gasteiger partial charge on any atom is 0.240 e. The largest absolute Gasteiger partial charge is 0.293 e. The van der Waals surface area contributed by atoms with E-state index < -0.39 is 28.2 Å². The molecule has 3 aromatic rings. The van der Waals surface area contributed by atoms with Gasteiger partial charge in [-0.2, -0.15) is 0 Å². The standard InChI is InChI=1S/C21H17ClFNO3S/c1-14-11-16(15-5-3-2-4-6-15)12-19(21(14)23)20(25)13-24-28(26,27)18-9-7-17(22)8-10-18/h2-12,24H,13H2,1H3. The molecule has 4 nitrogen and oxygen atoms in total. The fraction of sp³-hybridized carbons (Fsp3) is 0.0952. The van der Waals surface area contributed by atoms with E-state index in [2.05, 4.69) is 4.72 Å². The normalized spacial score (nSPS) is 11.4. The first-order valence-electron chi connectivity index (χ1n) is 8.42. The van der Waals surface area contributed by atoms with Crippen molar-refractivity contribution in [3.63, 3.8) is 0 Å². The van der Waals surface area contributed by atoms with Crippen LogP contribution in [-0.2, 0) is 10.0 Å². The molecule has 0 fully saturated rings. The average Bonchev–Trinajstić information content (AvgIpc) is 2.69. The van der Waals surface area contributed by atoms with E-state index in [0.29, 0.717) is 16.1 Å². The summed E-state index contributed by atoms with van der Waals surface area (Å²) in [6, 6.07) is 17.9. The predicted molar refractivity (Wildman–Crippen MR) is 108 cm³/mol. The molecule has 28 heavy (non-hydrogen) atoms. The number of carbonyl (C=O) groups excluding carboxylic acids is 1. The van der Waals surface area contributed by atoms with Crippen molar-refractivity contribution >= 4 is 27.4 Å². The Bertz CT molecular complexity index is 1110. The number of hydrogen-bond acceptors (Lipinski definition) is 3. The summed E-state index contributed by atoms with van der Waals surface area (Å²) in [5, 5.41) is 0.394. The average molecular weight is 418 g/mol. The minimum absolute atomic E-state index is 0.0283. The summed E-state index contributed by atoms with van der Waals surface area (Å²) in [7, 11) is -3.92.